The molecule has 0 saturated heterocycles. The fraction of sp³-hybridized carbons (Fsp3) is 0.257. The van der Waals surface area contributed by atoms with Crippen molar-refractivity contribution in [3.8, 4) is 5.75 Å². The molecule has 4 aromatic rings. The summed E-state index contributed by atoms with van der Waals surface area (Å²) in [5.74, 6) is -0.374. The molecule has 1 atom stereocenters. The number of nitrogens with zero attached hydrogens (tertiary/aromatic N) is 2. The number of carbonyl (C=O) groups excluding carboxylic acids is 2. The number of unbranched alkanes of at least 4 members (excludes halogenated alkanes) is 1. The standard InChI is InChI=1S/C35H38BrN3O5S/c1-3-4-22-37-35(41)33(23-27-12-7-5-8-13-27)38(25-28-18-20-29(36)21-19-28)34(40)26-39(30-14-11-15-31(24-30)44-2)45(42,43)32-16-9-6-10-17-32/h5-21,24,33H,3-4,22-23,25-26H2,1-2H3,(H,37,41). The van der Waals surface area contributed by atoms with E-state index >= 15 is 0 Å². The highest BCUT2D eigenvalue weighted by Crippen LogP contribution is 2.28. The number of benzene rings is 4. The van der Waals surface area contributed by atoms with Crippen LogP contribution in [0.5, 0.6) is 5.75 Å². The summed E-state index contributed by atoms with van der Waals surface area (Å²) in [6, 6.07) is 30.6. The number of amides is 2. The van der Waals surface area contributed by atoms with E-state index in [1.165, 1.54) is 24.1 Å². The molecule has 0 saturated carbocycles. The molecule has 0 radical (unpaired) electrons. The minimum absolute atomic E-state index is 0.0400. The van der Waals surface area contributed by atoms with E-state index in [9.17, 15) is 18.0 Å². The SMILES string of the molecule is CCCCNC(=O)C(Cc1ccccc1)N(Cc1ccc(Br)cc1)C(=O)CN(c1cccc(OC)c1)S(=O)(=O)c1ccccc1. The Bertz CT molecular complexity index is 1650. The predicted octanol–water partition coefficient (Wildman–Crippen LogP) is 6.21. The predicted molar refractivity (Wildman–Crippen MR) is 181 cm³/mol. The second-order valence-corrected chi connectivity index (χ2v) is 13.3. The first-order valence-corrected chi connectivity index (χ1v) is 17.0. The van der Waals surface area contributed by atoms with Crippen LogP contribution in [0.4, 0.5) is 5.69 Å². The maximum atomic E-state index is 14.5. The summed E-state index contributed by atoms with van der Waals surface area (Å²) < 4.78 is 35.5. The molecule has 45 heavy (non-hydrogen) atoms. The Morgan fingerprint density at radius 1 is 0.867 bits per heavy atom. The molecule has 0 fully saturated rings. The smallest absolute Gasteiger partial charge is 0.264 e. The second kappa shape index (κ2) is 16.2. The Hall–Kier alpha value is -4.15. The van der Waals surface area contributed by atoms with Gasteiger partial charge in [0, 0.05) is 30.0 Å². The van der Waals surface area contributed by atoms with Gasteiger partial charge in [0.05, 0.1) is 17.7 Å². The van der Waals surface area contributed by atoms with E-state index in [1.54, 1.807) is 42.5 Å². The number of rotatable bonds is 15. The van der Waals surface area contributed by atoms with Gasteiger partial charge in [-0.15, -0.1) is 0 Å². The molecule has 1 unspecified atom stereocenters. The molecular weight excluding hydrogens is 654 g/mol. The van der Waals surface area contributed by atoms with E-state index in [2.05, 4.69) is 21.2 Å². The summed E-state index contributed by atoms with van der Waals surface area (Å²) in [7, 11) is -2.69. The molecule has 0 bridgehead atoms. The van der Waals surface area contributed by atoms with Crippen molar-refractivity contribution in [1.82, 2.24) is 10.2 Å². The van der Waals surface area contributed by atoms with Crippen LogP contribution in [0, 0.1) is 0 Å². The number of methoxy groups -OCH3 is 1. The lowest BCUT2D eigenvalue weighted by molar-refractivity contribution is -0.140. The molecule has 0 spiro atoms. The summed E-state index contributed by atoms with van der Waals surface area (Å²) in [5.41, 5.74) is 1.94. The van der Waals surface area contributed by atoms with Gasteiger partial charge in [0.1, 0.15) is 18.3 Å². The fourth-order valence-corrected chi connectivity index (χ4v) is 6.55. The van der Waals surface area contributed by atoms with Crippen molar-refractivity contribution in [3.63, 3.8) is 0 Å². The molecule has 4 aromatic carbocycles. The first-order chi connectivity index (χ1) is 21.7. The summed E-state index contributed by atoms with van der Waals surface area (Å²) >= 11 is 3.46. The highest BCUT2D eigenvalue weighted by molar-refractivity contribution is 9.10. The number of halogens is 1. The van der Waals surface area contributed by atoms with Gasteiger partial charge in [-0.25, -0.2) is 8.42 Å². The van der Waals surface area contributed by atoms with E-state index in [0.717, 1.165) is 32.7 Å². The molecule has 2 amide bonds. The maximum absolute atomic E-state index is 14.5. The highest BCUT2D eigenvalue weighted by Gasteiger charge is 2.34. The van der Waals surface area contributed by atoms with Crippen LogP contribution < -0.4 is 14.4 Å². The molecule has 0 aliphatic rings. The van der Waals surface area contributed by atoms with Crippen LogP contribution in [0.15, 0.2) is 119 Å². The van der Waals surface area contributed by atoms with Crippen molar-refractivity contribution >= 4 is 43.5 Å². The van der Waals surface area contributed by atoms with E-state index in [1.807, 2.05) is 61.5 Å². The van der Waals surface area contributed by atoms with Crippen molar-refractivity contribution < 1.29 is 22.7 Å². The third-order valence-corrected chi connectivity index (χ3v) is 9.63. The molecule has 10 heteroatoms. The molecule has 0 heterocycles. The average Bonchev–Trinajstić information content (AvgIpc) is 3.06. The summed E-state index contributed by atoms with van der Waals surface area (Å²) in [5, 5.41) is 3.00. The van der Waals surface area contributed by atoms with Gasteiger partial charge in [-0.05, 0) is 53.9 Å². The third-order valence-electron chi connectivity index (χ3n) is 7.32. The Morgan fingerprint density at radius 2 is 1.53 bits per heavy atom. The first kappa shape index (κ1) is 33.7. The lowest BCUT2D eigenvalue weighted by atomic mass is 10.0. The van der Waals surface area contributed by atoms with Crippen molar-refractivity contribution in [3.05, 3.63) is 125 Å². The van der Waals surface area contributed by atoms with Crippen molar-refractivity contribution in [2.75, 3.05) is 24.5 Å². The Morgan fingerprint density at radius 3 is 2.18 bits per heavy atom. The summed E-state index contributed by atoms with van der Waals surface area (Å²) in [6.07, 6.45) is 1.95. The summed E-state index contributed by atoms with van der Waals surface area (Å²) in [4.78, 5) is 29.8. The van der Waals surface area contributed by atoms with E-state index in [-0.39, 0.29) is 29.5 Å². The molecule has 0 aromatic heterocycles. The highest BCUT2D eigenvalue weighted by atomic mass is 79.9. The van der Waals surface area contributed by atoms with Crippen LogP contribution in [0.2, 0.25) is 0 Å². The second-order valence-electron chi connectivity index (χ2n) is 10.5. The van der Waals surface area contributed by atoms with E-state index in [4.69, 9.17) is 4.74 Å². The van der Waals surface area contributed by atoms with E-state index in [0.29, 0.717) is 12.3 Å². The first-order valence-electron chi connectivity index (χ1n) is 14.8. The average molecular weight is 693 g/mol. The van der Waals surface area contributed by atoms with Gasteiger partial charge in [0.2, 0.25) is 11.8 Å². The number of hydrogen-bond donors (Lipinski definition) is 1. The quantitative estimate of drug-likeness (QED) is 0.150. The monoisotopic (exact) mass is 691 g/mol. The van der Waals surface area contributed by atoms with Crippen LogP contribution in [0.25, 0.3) is 0 Å². The van der Waals surface area contributed by atoms with Gasteiger partial charge in [-0.1, -0.05) is 96.0 Å². The zero-order valence-electron chi connectivity index (χ0n) is 25.4. The van der Waals surface area contributed by atoms with Gasteiger partial charge >= 0.3 is 0 Å². The number of hydrogen-bond acceptors (Lipinski definition) is 5. The zero-order chi connectivity index (χ0) is 32.2. The number of sulfonamides is 1. The van der Waals surface area contributed by atoms with Gasteiger partial charge < -0.3 is 15.0 Å². The number of ether oxygens (including phenoxy) is 1. The minimum Gasteiger partial charge on any atom is -0.497 e. The van der Waals surface area contributed by atoms with Crippen LogP contribution in [-0.2, 0) is 32.6 Å². The largest absolute Gasteiger partial charge is 0.497 e. The molecule has 236 valence electrons. The van der Waals surface area contributed by atoms with Crippen LogP contribution in [-0.4, -0.2) is 51.4 Å². The topological polar surface area (TPSA) is 96.0 Å². The normalized spacial score (nSPS) is 11.8. The number of nitrogens with one attached hydrogen (secondary N) is 1. The van der Waals surface area contributed by atoms with Crippen LogP contribution in [0.3, 0.4) is 0 Å². The number of anilines is 1. The lowest BCUT2D eigenvalue weighted by Gasteiger charge is -2.34. The molecule has 4 rings (SSSR count). The maximum Gasteiger partial charge on any atom is 0.264 e. The Kier molecular flexibility index (Phi) is 12.2. The minimum atomic E-state index is -4.19. The van der Waals surface area contributed by atoms with Crippen molar-refractivity contribution in [1.29, 1.82) is 0 Å². The Balaban J connectivity index is 1.79. The van der Waals surface area contributed by atoms with Crippen molar-refractivity contribution in [2.45, 2.75) is 43.7 Å². The van der Waals surface area contributed by atoms with Gasteiger partial charge in [-0.3, -0.25) is 13.9 Å². The zero-order valence-corrected chi connectivity index (χ0v) is 27.8. The van der Waals surface area contributed by atoms with Gasteiger partial charge in [0.15, 0.2) is 0 Å². The Labute approximate surface area is 274 Å². The van der Waals surface area contributed by atoms with Crippen LogP contribution >= 0.6 is 15.9 Å². The van der Waals surface area contributed by atoms with Crippen molar-refractivity contribution in [2.24, 2.45) is 0 Å². The lowest BCUT2D eigenvalue weighted by Crippen LogP contribution is -2.53. The van der Waals surface area contributed by atoms with Crippen LogP contribution in [0.1, 0.15) is 30.9 Å². The molecule has 8 nitrogen and oxygen atoms in total. The number of carbonyl (C=O) groups is 2. The molecule has 1 N–H and O–H groups in total. The van der Waals surface area contributed by atoms with E-state index < -0.39 is 28.5 Å². The third kappa shape index (κ3) is 9.18. The molecule has 0 aliphatic heterocycles. The summed E-state index contributed by atoms with van der Waals surface area (Å²) in [6.45, 7) is 2.08. The van der Waals surface area contributed by atoms with Gasteiger partial charge in [0.25, 0.3) is 10.0 Å². The molecule has 0 aliphatic carbocycles. The fourth-order valence-electron chi connectivity index (χ4n) is 4.86. The van der Waals surface area contributed by atoms with Gasteiger partial charge in [-0.2, -0.15) is 0 Å². The molecular formula is C35H38BrN3O5S.